The van der Waals surface area contributed by atoms with Crippen LogP contribution >= 0.6 is 0 Å². The molecule has 0 unspecified atom stereocenters. The molecule has 218 valence electrons. The van der Waals surface area contributed by atoms with E-state index in [2.05, 4.69) is 39.2 Å². The van der Waals surface area contributed by atoms with Crippen LogP contribution in [0.2, 0.25) is 18.1 Å². The van der Waals surface area contributed by atoms with Crippen molar-refractivity contribution in [2.24, 2.45) is 5.92 Å². The first-order valence-corrected chi connectivity index (χ1v) is 17.2. The molecule has 39 heavy (non-hydrogen) atoms. The molecule has 2 aliphatic heterocycles. The minimum atomic E-state index is -2.25. The number of nitrogens with zero attached hydrogens (tertiary/aromatic N) is 1. The van der Waals surface area contributed by atoms with Crippen LogP contribution in [0.3, 0.4) is 0 Å². The molecule has 2 bridgehead atoms. The van der Waals surface area contributed by atoms with Crippen molar-refractivity contribution in [3.8, 4) is 5.75 Å². The van der Waals surface area contributed by atoms with Crippen molar-refractivity contribution in [3.63, 3.8) is 0 Å². The minimum Gasteiger partial charge on any atom is -0.497 e. The lowest BCUT2D eigenvalue weighted by Gasteiger charge is -2.59. The van der Waals surface area contributed by atoms with Crippen LogP contribution in [-0.4, -0.2) is 72.9 Å². The van der Waals surface area contributed by atoms with E-state index in [9.17, 15) is 14.7 Å². The van der Waals surface area contributed by atoms with Gasteiger partial charge in [-0.3, -0.25) is 4.79 Å². The maximum Gasteiger partial charge on any atom is 0.408 e. The average molecular weight is 561 g/mol. The molecule has 0 radical (unpaired) electrons. The Hall–Kier alpha value is -2.10. The van der Waals surface area contributed by atoms with Gasteiger partial charge >= 0.3 is 6.09 Å². The predicted molar refractivity (Wildman–Crippen MR) is 153 cm³/mol. The van der Waals surface area contributed by atoms with Crippen LogP contribution in [0.4, 0.5) is 4.79 Å². The van der Waals surface area contributed by atoms with Crippen LogP contribution in [0.1, 0.15) is 72.8 Å². The highest BCUT2D eigenvalue weighted by atomic mass is 28.4. The monoisotopic (exact) mass is 560 g/mol. The minimum absolute atomic E-state index is 0.0261. The van der Waals surface area contributed by atoms with Crippen molar-refractivity contribution < 1.29 is 28.6 Å². The van der Waals surface area contributed by atoms with Gasteiger partial charge in [0.25, 0.3) is 0 Å². The second kappa shape index (κ2) is 10.4. The van der Waals surface area contributed by atoms with Gasteiger partial charge in [0, 0.05) is 17.9 Å². The zero-order valence-electron chi connectivity index (χ0n) is 25.2. The first-order valence-electron chi connectivity index (χ1n) is 14.3. The summed E-state index contributed by atoms with van der Waals surface area (Å²) in [5.74, 6) is 0.609. The number of hydrogen-bond donors (Lipinski definition) is 2. The van der Waals surface area contributed by atoms with Gasteiger partial charge in [0.1, 0.15) is 17.4 Å². The van der Waals surface area contributed by atoms with Gasteiger partial charge < -0.3 is 29.2 Å². The molecular formula is C30H48N2O6Si. The van der Waals surface area contributed by atoms with E-state index >= 15 is 0 Å². The number of ether oxygens (including phenoxy) is 2. The summed E-state index contributed by atoms with van der Waals surface area (Å²) in [4.78, 5) is 28.9. The highest BCUT2D eigenvalue weighted by Gasteiger charge is 2.63. The van der Waals surface area contributed by atoms with Gasteiger partial charge in [-0.25, -0.2) is 4.79 Å². The third-order valence-electron chi connectivity index (χ3n) is 9.31. The summed E-state index contributed by atoms with van der Waals surface area (Å²) in [5.41, 5.74) is -0.00752. The second-order valence-electron chi connectivity index (χ2n) is 14.3. The standard InChI is InChI=1S/C30H48N2O6Si/c1-28(2,3)37-27(35)31-22-18-30-15-14-24(33)21(17-30)25(38-39(8,9)29(4,5)6)23(32(30)26(22)34)16-19-10-12-20(36-7)13-11-19/h10-13,21-25,33H,14-18H2,1-9H3,(H,31,35)/t21-,22-,23-,24+,25-,30-/m0/s1. The smallest absolute Gasteiger partial charge is 0.408 e. The summed E-state index contributed by atoms with van der Waals surface area (Å²) < 4.78 is 18.0. The normalized spacial score (nSPS) is 31.1. The molecule has 1 spiro atoms. The maximum absolute atomic E-state index is 14.2. The summed E-state index contributed by atoms with van der Waals surface area (Å²) in [5, 5.41) is 14.1. The maximum atomic E-state index is 14.2. The Balaban J connectivity index is 1.73. The molecule has 2 saturated heterocycles. The molecule has 2 N–H and O–H groups in total. The quantitative estimate of drug-likeness (QED) is 0.474. The molecule has 1 aromatic carbocycles. The van der Waals surface area contributed by atoms with Crippen molar-refractivity contribution in [3.05, 3.63) is 29.8 Å². The topological polar surface area (TPSA) is 97.3 Å². The second-order valence-corrected chi connectivity index (χ2v) is 19.0. The van der Waals surface area contributed by atoms with Crippen LogP contribution in [-0.2, 0) is 20.4 Å². The molecule has 1 aromatic rings. The van der Waals surface area contributed by atoms with Gasteiger partial charge in [0.05, 0.1) is 25.4 Å². The van der Waals surface area contributed by atoms with E-state index in [1.165, 1.54) is 0 Å². The average Bonchev–Trinajstić information content (AvgIpc) is 3.07. The molecule has 8 nitrogen and oxygen atoms in total. The lowest BCUT2D eigenvalue weighted by Crippen LogP contribution is -2.69. The number of carbonyl (C=O) groups excluding carboxylic acids is 2. The molecule has 0 aromatic heterocycles. The van der Waals surface area contributed by atoms with Crippen molar-refractivity contribution >= 4 is 20.3 Å². The largest absolute Gasteiger partial charge is 0.497 e. The summed E-state index contributed by atoms with van der Waals surface area (Å²) in [6.07, 6.45) is 1.73. The van der Waals surface area contributed by atoms with E-state index in [4.69, 9.17) is 13.9 Å². The number of benzene rings is 1. The summed E-state index contributed by atoms with van der Waals surface area (Å²) in [6, 6.07) is 7.01. The number of rotatable bonds is 6. The molecule has 2 amide bonds. The van der Waals surface area contributed by atoms with Crippen LogP contribution in [0.5, 0.6) is 5.75 Å². The van der Waals surface area contributed by atoms with Crippen molar-refractivity contribution in [1.82, 2.24) is 10.2 Å². The molecule has 1 saturated carbocycles. The Labute approximate surface area is 234 Å². The SMILES string of the molecule is COc1ccc(C[C@H]2[C@@H](O[Si](C)(C)C(C)(C)C)[C@H]3C[C@@]4(CC[C@H]3O)C[C@H](NC(=O)OC(C)(C)C)C(=O)N24)cc1. The number of amides is 2. The first kappa shape index (κ1) is 29.9. The Morgan fingerprint density at radius 2 is 1.77 bits per heavy atom. The summed E-state index contributed by atoms with van der Waals surface area (Å²) in [6.45, 7) is 16.5. The lowest BCUT2D eigenvalue weighted by atomic mass is 9.65. The molecule has 9 heteroatoms. The molecule has 1 aliphatic carbocycles. The van der Waals surface area contributed by atoms with Crippen molar-refractivity contribution in [1.29, 1.82) is 0 Å². The van der Waals surface area contributed by atoms with Gasteiger partial charge in [-0.2, -0.15) is 0 Å². The Bertz CT molecular complexity index is 1060. The summed E-state index contributed by atoms with van der Waals surface area (Å²) >= 11 is 0. The van der Waals surface area contributed by atoms with Crippen LogP contribution in [0.15, 0.2) is 24.3 Å². The van der Waals surface area contributed by atoms with Gasteiger partial charge in [-0.15, -0.1) is 0 Å². The number of aliphatic hydroxyl groups excluding tert-OH is 1. The fourth-order valence-electron chi connectivity index (χ4n) is 6.42. The number of methoxy groups -OCH3 is 1. The van der Waals surface area contributed by atoms with Crippen LogP contribution in [0.25, 0.3) is 0 Å². The highest BCUT2D eigenvalue weighted by Crippen LogP contribution is 2.54. The molecule has 6 atom stereocenters. The van der Waals surface area contributed by atoms with E-state index in [-0.39, 0.29) is 29.0 Å². The molecule has 3 aliphatic rings. The Kier molecular flexibility index (Phi) is 7.95. The molecule has 4 rings (SSSR count). The number of piperidine rings is 1. The number of alkyl carbamates (subject to hydrolysis) is 1. The Morgan fingerprint density at radius 1 is 1.13 bits per heavy atom. The number of carbonyl (C=O) groups is 2. The highest BCUT2D eigenvalue weighted by molar-refractivity contribution is 6.74. The molecular weight excluding hydrogens is 512 g/mol. The van der Waals surface area contributed by atoms with E-state index in [1.54, 1.807) is 7.11 Å². The lowest BCUT2D eigenvalue weighted by molar-refractivity contribution is -0.164. The van der Waals surface area contributed by atoms with Gasteiger partial charge in [0.15, 0.2) is 8.32 Å². The third kappa shape index (κ3) is 6.00. The zero-order valence-corrected chi connectivity index (χ0v) is 26.2. The number of fused-ring (bicyclic) bond motifs is 1. The van der Waals surface area contributed by atoms with Crippen molar-refractivity contribution in [2.45, 2.75) is 127 Å². The molecule has 3 fully saturated rings. The zero-order chi connectivity index (χ0) is 29.0. The first-order chi connectivity index (χ1) is 18.0. The van der Waals surface area contributed by atoms with Crippen molar-refractivity contribution in [2.75, 3.05) is 7.11 Å². The van der Waals surface area contributed by atoms with Crippen LogP contribution < -0.4 is 10.1 Å². The predicted octanol–water partition coefficient (Wildman–Crippen LogP) is 5.04. The molecule has 2 heterocycles. The third-order valence-corrected chi connectivity index (χ3v) is 13.8. The van der Waals surface area contributed by atoms with Gasteiger partial charge in [-0.1, -0.05) is 32.9 Å². The van der Waals surface area contributed by atoms with Crippen LogP contribution in [0, 0.1) is 5.92 Å². The van der Waals surface area contributed by atoms with E-state index in [0.717, 1.165) is 11.3 Å². The number of aliphatic hydroxyl groups is 1. The van der Waals surface area contributed by atoms with E-state index < -0.39 is 37.7 Å². The Morgan fingerprint density at radius 3 is 2.33 bits per heavy atom. The van der Waals surface area contributed by atoms with E-state index in [0.29, 0.717) is 32.1 Å². The fourth-order valence-corrected chi connectivity index (χ4v) is 7.78. The summed E-state index contributed by atoms with van der Waals surface area (Å²) in [7, 11) is -0.604. The fraction of sp³-hybridized carbons (Fsp3) is 0.733. The number of hydrogen-bond acceptors (Lipinski definition) is 6. The van der Waals surface area contributed by atoms with Gasteiger partial charge in [0.2, 0.25) is 5.91 Å². The van der Waals surface area contributed by atoms with E-state index in [1.807, 2.05) is 49.9 Å². The van der Waals surface area contributed by atoms with Gasteiger partial charge in [-0.05, 0) is 82.3 Å². The number of nitrogens with one attached hydrogen (secondary N) is 1.